The summed E-state index contributed by atoms with van der Waals surface area (Å²) in [5.41, 5.74) is 0. The quantitative estimate of drug-likeness (QED) is 0.434. The molecular weight excluding hydrogens is 156 g/mol. The first-order chi connectivity index (χ1) is 5.31. The van der Waals surface area contributed by atoms with Gasteiger partial charge in [0.05, 0.1) is 0 Å². The van der Waals surface area contributed by atoms with E-state index >= 15 is 0 Å². The van der Waals surface area contributed by atoms with Crippen LogP contribution in [0.5, 0.6) is 0 Å². The largest absolute Gasteiger partial charge is 0.300 e. The molecule has 0 heterocycles. The van der Waals surface area contributed by atoms with Crippen LogP contribution in [0.3, 0.4) is 0 Å². The Balaban J connectivity index is 3.15. The molecule has 0 bridgehead atoms. The summed E-state index contributed by atoms with van der Waals surface area (Å²) in [6, 6.07) is 0. The number of ketones is 1. The number of thioether (sulfide) groups is 1. The summed E-state index contributed by atoms with van der Waals surface area (Å²) in [5, 5.41) is 0. The van der Waals surface area contributed by atoms with Crippen molar-refractivity contribution in [2.24, 2.45) is 0 Å². The zero-order valence-corrected chi connectivity index (χ0v) is 7.95. The van der Waals surface area contributed by atoms with Gasteiger partial charge in [-0.3, -0.25) is 4.79 Å². The van der Waals surface area contributed by atoms with Crippen LogP contribution in [-0.4, -0.2) is 17.8 Å². The van der Waals surface area contributed by atoms with E-state index in [2.05, 4.69) is 6.58 Å². The molecule has 0 radical (unpaired) electrons. The van der Waals surface area contributed by atoms with Crippen LogP contribution in [0.25, 0.3) is 0 Å². The van der Waals surface area contributed by atoms with E-state index in [4.69, 9.17) is 0 Å². The lowest BCUT2D eigenvalue weighted by Crippen LogP contribution is -1.98. The van der Waals surface area contributed by atoms with Crippen molar-refractivity contribution in [1.82, 2.24) is 0 Å². The SMILES string of the molecule is C=CCCCC(=O)CCSC. The summed E-state index contributed by atoms with van der Waals surface area (Å²) in [4.78, 5) is 11.0. The van der Waals surface area contributed by atoms with Gasteiger partial charge in [-0.25, -0.2) is 0 Å². The van der Waals surface area contributed by atoms with Gasteiger partial charge in [-0.05, 0) is 24.9 Å². The Morgan fingerprint density at radius 1 is 1.55 bits per heavy atom. The predicted octanol–water partition coefficient (Wildman–Crippen LogP) is 2.66. The standard InChI is InChI=1S/C9H16OS/c1-3-4-5-6-9(10)7-8-11-2/h3H,1,4-8H2,2H3. The van der Waals surface area contributed by atoms with E-state index in [1.54, 1.807) is 11.8 Å². The number of hydrogen-bond donors (Lipinski definition) is 0. The number of rotatable bonds is 7. The van der Waals surface area contributed by atoms with Gasteiger partial charge in [0.15, 0.2) is 0 Å². The molecule has 0 amide bonds. The van der Waals surface area contributed by atoms with Crippen LogP contribution in [-0.2, 0) is 4.79 Å². The molecule has 1 nitrogen and oxygen atoms in total. The van der Waals surface area contributed by atoms with Crippen LogP contribution in [0.15, 0.2) is 12.7 Å². The number of carbonyl (C=O) groups is 1. The van der Waals surface area contributed by atoms with Crippen molar-refractivity contribution in [3.05, 3.63) is 12.7 Å². The van der Waals surface area contributed by atoms with Gasteiger partial charge in [-0.1, -0.05) is 6.08 Å². The molecule has 0 aromatic rings. The lowest BCUT2D eigenvalue weighted by Gasteiger charge is -1.96. The minimum Gasteiger partial charge on any atom is -0.300 e. The molecule has 0 N–H and O–H groups in total. The van der Waals surface area contributed by atoms with E-state index in [-0.39, 0.29) is 0 Å². The van der Waals surface area contributed by atoms with Crippen LogP contribution >= 0.6 is 11.8 Å². The summed E-state index contributed by atoms with van der Waals surface area (Å²) < 4.78 is 0. The second kappa shape index (κ2) is 7.86. The molecule has 0 aliphatic carbocycles. The van der Waals surface area contributed by atoms with Crippen molar-refractivity contribution in [2.75, 3.05) is 12.0 Å². The lowest BCUT2D eigenvalue weighted by atomic mass is 10.1. The Morgan fingerprint density at radius 3 is 2.82 bits per heavy atom. The van der Waals surface area contributed by atoms with E-state index in [0.29, 0.717) is 5.78 Å². The highest BCUT2D eigenvalue weighted by Crippen LogP contribution is 2.03. The third kappa shape index (κ3) is 7.66. The summed E-state index contributed by atoms with van der Waals surface area (Å²) in [5.74, 6) is 1.36. The number of unbranched alkanes of at least 4 members (excludes halogenated alkanes) is 1. The van der Waals surface area contributed by atoms with E-state index < -0.39 is 0 Å². The molecule has 11 heavy (non-hydrogen) atoms. The molecule has 0 aliphatic heterocycles. The zero-order chi connectivity index (χ0) is 8.53. The normalized spacial score (nSPS) is 9.55. The molecule has 0 rings (SSSR count). The molecule has 64 valence electrons. The van der Waals surface area contributed by atoms with E-state index in [1.807, 2.05) is 12.3 Å². The van der Waals surface area contributed by atoms with Crippen molar-refractivity contribution in [2.45, 2.75) is 25.7 Å². The first-order valence-corrected chi connectivity index (χ1v) is 5.32. The maximum atomic E-state index is 11.0. The highest BCUT2D eigenvalue weighted by molar-refractivity contribution is 7.98. The second-order valence-electron chi connectivity index (χ2n) is 2.46. The topological polar surface area (TPSA) is 17.1 Å². The average molecular weight is 172 g/mol. The van der Waals surface area contributed by atoms with Gasteiger partial charge in [0.2, 0.25) is 0 Å². The maximum Gasteiger partial charge on any atom is 0.133 e. The van der Waals surface area contributed by atoms with Gasteiger partial charge < -0.3 is 0 Å². The van der Waals surface area contributed by atoms with Gasteiger partial charge in [0, 0.05) is 12.8 Å². The van der Waals surface area contributed by atoms with Crippen LogP contribution in [0.2, 0.25) is 0 Å². The van der Waals surface area contributed by atoms with Crippen molar-refractivity contribution in [1.29, 1.82) is 0 Å². The van der Waals surface area contributed by atoms with E-state index in [1.165, 1.54) is 0 Å². The molecule has 0 fully saturated rings. The molecule has 0 aromatic heterocycles. The van der Waals surface area contributed by atoms with Gasteiger partial charge in [0.1, 0.15) is 5.78 Å². The zero-order valence-electron chi connectivity index (χ0n) is 7.14. The summed E-state index contributed by atoms with van der Waals surface area (Å²) >= 11 is 1.73. The molecule has 0 atom stereocenters. The Hall–Kier alpha value is -0.240. The number of carbonyl (C=O) groups excluding carboxylic acids is 1. The predicted molar refractivity (Wildman–Crippen MR) is 52.1 cm³/mol. The highest BCUT2D eigenvalue weighted by Gasteiger charge is 1.98. The van der Waals surface area contributed by atoms with Gasteiger partial charge >= 0.3 is 0 Å². The Labute approximate surface area is 73.3 Å². The van der Waals surface area contributed by atoms with Crippen molar-refractivity contribution < 1.29 is 4.79 Å². The van der Waals surface area contributed by atoms with Gasteiger partial charge in [-0.2, -0.15) is 11.8 Å². The van der Waals surface area contributed by atoms with Crippen LogP contribution in [0.1, 0.15) is 25.7 Å². The maximum absolute atomic E-state index is 11.0. The molecule has 0 aromatic carbocycles. The van der Waals surface area contributed by atoms with Crippen molar-refractivity contribution in [3.8, 4) is 0 Å². The van der Waals surface area contributed by atoms with Crippen molar-refractivity contribution in [3.63, 3.8) is 0 Å². The van der Waals surface area contributed by atoms with Crippen molar-refractivity contribution >= 4 is 17.5 Å². The molecule has 2 heteroatoms. The fraction of sp³-hybridized carbons (Fsp3) is 0.667. The first kappa shape index (κ1) is 10.8. The molecule has 0 aliphatic rings. The summed E-state index contributed by atoms with van der Waals surface area (Å²) in [6.45, 7) is 3.60. The Bertz CT molecular complexity index is 121. The molecule has 0 spiro atoms. The number of allylic oxidation sites excluding steroid dienone is 1. The lowest BCUT2D eigenvalue weighted by molar-refractivity contribution is -0.118. The molecule has 0 saturated heterocycles. The monoisotopic (exact) mass is 172 g/mol. The number of Topliss-reactive ketones (excluding diaryl/α,β-unsaturated/α-hetero) is 1. The minimum absolute atomic E-state index is 0.390. The van der Waals surface area contributed by atoms with Crippen LogP contribution < -0.4 is 0 Å². The number of hydrogen-bond acceptors (Lipinski definition) is 2. The Kier molecular flexibility index (Phi) is 7.69. The minimum atomic E-state index is 0.390. The molecular formula is C9H16OS. The van der Waals surface area contributed by atoms with Gasteiger partial charge in [-0.15, -0.1) is 6.58 Å². The average Bonchev–Trinajstić information content (AvgIpc) is 2.01. The smallest absolute Gasteiger partial charge is 0.133 e. The van der Waals surface area contributed by atoms with E-state index in [9.17, 15) is 4.79 Å². The Morgan fingerprint density at radius 2 is 2.27 bits per heavy atom. The van der Waals surface area contributed by atoms with Crippen LogP contribution in [0, 0.1) is 0 Å². The highest BCUT2D eigenvalue weighted by atomic mass is 32.2. The van der Waals surface area contributed by atoms with Crippen LogP contribution in [0.4, 0.5) is 0 Å². The fourth-order valence-corrected chi connectivity index (χ4v) is 1.22. The third-order valence-electron chi connectivity index (χ3n) is 1.45. The fourth-order valence-electron chi connectivity index (χ4n) is 0.784. The second-order valence-corrected chi connectivity index (χ2v) is 3.45. The molecule has 0 unspecified atom stereocenters. The summed E-state index contributed by atoms with van der Waals surface area (Å²) in [7, 11) is 0. The van der Waals surface area contributed by atoms with E-state index in [0.717, 1.165) is 31.4 Å². The molecule has 0 saturated carbocycles. The third-order valence-corrected chi connectivity index (χ3v) is 2.06. The first-order valence-electron chi connectivity index (χ1n) is 3.92. The van der Waals surface area contributed by atoms with Gasteiger partial charge in [0.25, 0.3) is 0 Å². The summed E-state index contributed by atoms with van der Waals surface area (Å²) in [6.07, 6.45) is 7.28.